The topological polar surface area (TPSA) is 29.1 Å². The molecule has 0 fully saturated rings. The van der Waals surface area contributed by atoms with E-state index in [9.17, 15) is 4.79 Å². The molecule has 2 nitrogen and oxygen atoms in total. The molecule has 0 aromatic heterocycles. The first-order valence-electron chi connectivity index (χ1n) is 7.62. The molecule has 23 heavy (non-hydrogen) atoms. The van der Waals surface area contributed by atoms with E-state index in [2.05, 4.69) is 38.2 Å². The Balaban J connectivity index is 1.94. The minimum Gasteiger partial charge on any atom is -0.349 e. The number of nitrogens with one attached hydrogen (secondary N) is 1. The molecule has 1 amide bonds. The summed E-state index contributed by atoms with van der Waals surface area (Å²) < 4.78 is 0. The number of carbonyl (C=O) groups excluding carboxylic acids is 1. The van der Waals surface area contributed by atoms with Crippen molar-refractivity contribution in [1.29, 1.82) is 0 Å². The third-order valence-corrected chi connectivity index (χ3v) is 5.17. The summed E-state index contributed by atoms with van der Waals surface area (Å²) in [5.74, 6) is 0.436. The van der Waals surface area contributed by atoms with Crippen molar-refractivity contribution in [1.82, 2.24) is 5.32 Å². The molecular weight excluding hydrogens is 326 g/mol. The molecule has 4 heteroatoms. The molecule has 0 bridgehead atoms. The van der Waals surface area contributed by atoms with Crippen LogP contribution in [-0.4, -0.2) is 11.7 Å². The Labute approximate surface area is 147 Å². The van der Waals surface area contributed by atoms with E-state index in [1.165, 1.54) is 34.0 Å². The monoisotopic (exact) mass is 347 g/mol. The minimum atomic E-state index is 0.00705. The van der Waals surface area contributed by atoms with Crippen LogP contribution >= 0.6 is 23.4 Å². The van der Waals surface area contributed by atoms with Crippen LogP contribution in [0.5, 0.6) is 0 Å². The van der Waals surface area contributed by atoms with Gasteiger partial charge in [-0.25, -0.2) is 0 Å². The largest absolute Gasteiger partial charge is 0.349 e. The Morgan fingerprint density at radius 3 is 2.35 bits per heavy atom. The molecule has 2 aromatic carbocycles. The first-order valence-corrected chi connectivity index (χ1v) is 8.98. The highest BCUT2D eigenvalue weighted by atomic mass is 35.5. The predicted molar refractivity (Wildman–Crippen MR) is 99.4 cm³/mol. The summed E-state index contributed by atoms with van der Waals surface area (Å²) in [6, 6.07) is 11.9. The van der Waals surface area contributed by atoms with Crippen molar-refractivity contribution >= 4 is 29.3 Å². The van der Waals surface area contributed by atoms with Gasteiger partial charge in [0.25, 0.3) is 0 Å². The molecule has 2 rings (SSSR count). The van der Waals surface area contributed by atoms with Crippen molar-refractivity contribution < 1.29 is 4.79 Å². The van der Waals surface area contributed by atoms with Crippen LogP contribution in [0.1, 0.15) is 35.2 Å². The van der Waals surface area contributed by atoms with E-state index in [0.29, 0.717) is 10.8 Å². The average Bonchev–Trinajstić information content (AvgIpc) is 2.50. The number of thioether (sulfide) groups is 1. The lowest BCUT2D eigenvalue weighted by atomic mass is 9.96. The van der Waals surface area contributed by atoms with E-state index in [-0.39, 0.29) is 11.9 Å². The molecule has 0 saturated heterocycles. The van der Waals surface area contributed by atoms with Gasteiger partial charge in [0.2, 0.25) is 5.91 Å². The van der Waals surface area contributed by atoms with Crippen LogP contribution in [-0.2, 0) is 4.79 Å². The van der Waals surface area contributed by atoms with Crippen LogP contribution < -0.4 is 5.32 Å². The van der Waals surface area contributed by atoms with Gasteiger partial charge >= 0.3 is 0 Å². The molecular formula is C19H22ClNOS. The first kappa shape index (κ1) is 17.9. The van der Waals surface area contributed by atoms with Crippen LogP contribution in [0, 0.1) is 20.8 Å². The zero-order valence-electron chi connectivity index (χ0n) is 13.9. The van der Waals surface area contributed by atoms with Gasteiger partial charge in [0.15, 0.2) is 0 Å². The van der Waals surface area contributed by atoms with Crippen molar-refractivity contribution in [3.63, 3.8) is 0 Å². The van der Waals surface area contributed by atoms with Gasteiger partial charge in [0.1, 0.15) is 0 Å². The Bertz CT molecular complexity index is 697. The number of hydrogen-bond donors (Lipinski definition) is 1. The zero-order chi connectivity index (χ0) is 17.0. The van der Waals surface area contributed by atoms with Crippen molar-refractivity contribution in [2.24, 2.45) is 0 Å². The number of benzene rings is 2. The molecule has 122 valence electrons. The molecule has 0 radical (unpaired) electrons. The van der Waals surface area contributed by atoms with E-state index >= 15 is 0 Å². The fourth-order valence-electron chi connectivity index (χ4n) is 2.49. The fourth-order valence-corrected chi connectivity index (χ4v) is 3.33. The predicted octanol–water partition coefficient (Wildman–Crippen LogP) is 5.23. The number of rotatable bonds is 5. The number of halogens is 1. The smallest absolute Gasteiger partial charge is 0.230 e. The highest BCUT2D eigenvalue weighted by Gasteiger charge is 2.13. The summed E-state index contributed by atoms with van der Waals surface area (Å²) in [5.41, 5.74) is 4.93. The van der Waals surface area contributed by atoms with E-state index < -0.39 is 0 Å². The van der Waals surface area contributed by atoms with Crippen LogP contribution in [0.25, 0.3) is 0 Å². The Morgan fingerprint density at radius 1 is 1.09 bits per heavy atom. The SMILES string of the molecule is Cc1cc(C)c([C@H](C)NC(=O)CSc2ccc(Cl)cc2)cc1C. The van der Waals surface area contributed by atoms with Gasteiger partial charge in [-0.15, -0.1) is 11.8 Å². The van der Waals surface area contributed by atoms with E-state index in [0.717, 1.165) is 4.90 Å². The highest BCUT2D eigenvalue weighted by molar-refractivity contribution is 8.00. The second-order valence-electron chi connectivity index (χ2n) is 5.82. The first-order chi connectivity index (χ1) is 10.9. The summed E-state index contributed by atoms with van der Waals surface area (Å²) in [4.78, 5) is 13.2. The van der Waals surface area contributed by atoms with Crippen LogP contribution in [0.3, 0.4) is 0 Å². The third kappa shape index (κ3) is 5.02. The molecule has 0 aliphatic heterocycles. The molecule has 0 heterocycles. The standard InChI is InChI=1S/C19H22ClNOS/c1-12-9-14(3)18(10-13(12)2)15(4)21-19(22)11-23-17-7-5-16(20)6-8-17/h5-10,15H,11H2,1-4H3,(H,21,22)/t15-/m0/s1. The molecule has 2 aromatic rings. The van der Waals surface area contributed by atoms with Crippen molar-refractivity contribution in [2.75, 3.05) is 5.75 Å². The zero-order valence-corrected chi connectivity index (χ0v) is 15.5. The molecule has 1 atom stereocenters. The van der Waals surface area contributed by atoms with Gasteiger partial charge in [-0.05, 0) is 74.2 Å². The maximum Gasteiger partial charge on any atom is 0.230 e. The lowest BCUT2D eigenvalue weighted by Gasteiger charge is -2.18. The quantitative estimate of drug-likeness (QED) is 0.750. The highest BCUT2D eigenvalue weighted by Crippen LogP contribution is 2.23. The lowest BCUT2D eigenvalue weighted by Crippen LogP contribution is -2.28. The minimum absolute atomic E-state index is 0.00705. The molecule has 1 N–H and O–H groups in total. The third-order valence-electron chi connectivity index (χ3n) is 3.91. The summed E-state index contributed by atoms with van der Waals surface area (Å²) >= 11 is 7.37. The Hall–Kier alpha value is -1.45. The summed E-state index contributed by atoms with van der Waals surface area (Å²) in [5, 5.41) is 3.79. The van der Waals surface area contributed by atoms with E-state index in [1.807, 2.05) is 31.2 Å². The number of carbonyl (C=O) groups is 1. The van der Waals surface area contributed by atoms with Gasteiger partial charge in [-0.1, -0.05) is 23.7 Å². The number of aryl methyl sites for hydroxylation is 3. The summed E-state index contributed by atoms with van der Waals surface area (Å²) in [6.07, 6.45) is 0. The van der Waals surface area contributed by atoms with Crippen molar-refractivity contribution in [3.8, 4) is 0 Å². The van der Waals surface area contributed by atoms with Gasteiger partial charge in [-0.2, -0.15) is 0 Å². The van der Waals surface area contributed by atoms with Crippen LogP contribution in [0.4, 0.5) is 0 Å². The van der Waals surface area contributed by atoms with Gasteiger partial charge in [0, 0.05) is 9.92 Å². The maximum atomic E-state index is 12.2. The van der Waals surface area contributed by atoms with Crippen molar-refractivity contribution in [2.45, 2.75) is 38.6 Å². The molecule has 0 unspecified atom stereocenters. The van der Waals surface area contributed by atoms with Crippen molar-refractivity contribution in [3.05, 3.63) is 63.7 Å². The lowest BCUT2D eigenvalue weighted by molar-refractivity contribution is -0.119. The Morgan fingerprint density at radius 2 is 1.70 bits per heavy atom. The molecule has 0 aliphatic carbocycles. The van der Waals surface area contributed by atoms with Crippen LogP contribution in [0.2, 0.25) is 5.02 Å². The van der Waals surface area contributed by atoms with E-state index in [4.69, 9.17) is 11.6 Å². The number of amides is 1. The van der Waals surface area contributed by atoms with Crippen LogP contribution in [0.15, 0.2) is 41.3 Å². The Kier molecular flexibility index (Phi) is 6.14. The van der Waals surface area contributed by atoms with Gasteiger partial charge < -0.3 is 5.32 Å². The van der Waals surface area contributed by atoms with Gasteiger partial charge in [0.05, 0.1) is 11.8 Å². The second kappa shape index (κ2) is 7.89. The second-order valence-corrected chi connectivity index (χ2v) is 7.31. The normalized spacial score (nSPS) is 12.0. The average molecular weight is 348 g/mol. The molecule has 0 spiro atoms. The maximum absolute atomic E-state index is 12.2. The molecule has 0 aliphatic rings. The van der Waals surface area contributed by atoms with Gasteiger partial charge in [-0.3, -0.25) is 4.79 Å². The number of hydrogen-bond acceptors (Lipinski definition) is 2. The summed E-state index contributed by atoms with van der Waals surface area (Å²) in [7, 11) is 0. The molecule has 0 saturated carbocycles. The fraction of sp³-hybridized carbons (Fsp3) is 0.316. The summed E-state index contributed by atoms with van der Waals surface area (Å²) in [6.45, 7) is 8.33. The van der Waals surface area contributed by atoms with E-state index in [1.54, 1.807) is 0 Å².